The van der Waals surface area contributed by atoms with Crippen LogP contribution in [0.1, 0.15) is 5.56 Å². The predicted octanol–water partition coefficient (Wildman–Crippen LogP) is 4.37. The maximum absolute atomic E-state index is 14.1. The Hall–Kier alpha value is -1.07. The van der Waals surface area contributed by atoms with Crippen molar-refractivity contribution in [2.24, 2.45) is 0 Å². The van der Waals surface area contributed by atoms with Gasteiger partial charge in [0.25, 0.3) is 0 Å². The molecule has 0 saturated carbocycles. The standard InChI is InChI=1S/C16H17ClFNOS/c1-20-8-7-19-11-12-5-6-16(15(18)9-12)21-14-4-2-3-13(17)10-14/h2-6,9-10,19H,7-8,11H2,1H3. The summed E-state index contributed by atoms with van der Waals surface area (Å²) in [5, 5.41) is 3.84. The van der Waals surface area contributed by atoms with Crippen LogP contribution in [-0.2, 0) is 11.3 Å². The van der Waals surface area contributed by atoms with Gasteiger partial charge in [-0.25, -0.2) is 4.39 Å². The molecule has 0 aliphatic rings. The predicted molar refractivity (Wildman–Crippen MR) is 85.6 cm³/mol. The fraction of sp³-hybridized carbons (Fsp3) is 0.250. The molecule has 0 aliphatic heterocycles. The molecule has 0 bridgehead atoms. The molecule has 2 aromatic carbocycles. The third kappa shape index (κ3) is 5.32. The summed E-state index contributed by atoms with van der Waals surface area (Å²) < 4.78 is 19.1. The fourth-order valence-corrected chi connectivity index (χ4v) is 2.94. The first-order valence-electron chi connectivity index (χ1n) is 6.60. The first-order valence-corrected chi connectivity index (χ1v) is 7.80. The van der Waals surface area contributed by atoms with Crippen molar-refractivity contribution in [1.29, 1.82) is 0 Å². The summed E-state index contributed by atoms with van der Waals surface area (Å²) in [5.74, 6) is -0.217. The molecule has 1 N–H and O–H groups in total. The number of ether oxygens (including phenoxy) is 1. The first-order chi connectivity index (χ1) is 10.2. The van der Waals surface area contributed by atoms with Gasteiger partial charge in [0, 0.05) is 35.0 Å². The van der Waals surface area contributed by atoms with Crippen LogP contribution in [0.15, 0.2) is 52.3 Å². The van der Waals surface area contributed by atoms with Crippen LogP contribution in [0, 0.1) is 5.82 Å². The van der Waals surface area contributed by atoms with Crippen molar-refractivity contribution in [3.8, 4) is 0 Å². The Morgan fingerprint density at radius 3 is 2.81 bits per heavy atom. The Morgan fingerprint density at radius 1 is 1.24 bits per heavy atom. The van der Waals surface area contributed by atoms with Crippen molar-refractivity contribution in [3.63, 3.8) is 0 Å². The molecule has 0 spiro atoms. The third-order valence-corrected chi connectivity index (χ3v) is 4.11. The second kappa shape index (κ2) is 8.39. The number of rotatable bonds is 7. The van der Waals surface area contributed by atoms with E-state index in [1.165, 1.54) is 11.8 Å². The van der Waals surface area contributed by atoms with Gasteiger partial charge in [0.05, 0.1) is 6.61 Å². The highest BCUT2D eigenvalue weighted by Crippen LogP contribution is 2.31. The summed E-state index contributed by atoms with van der Waals surface area (Å²) in [6, 6.07) is 12.7. The Kier molecular flexibility index (Phi) is 6.51. The van der Waals surface area contributed by atoms with Gasteiger partial charge in [-0.1, -0.05) is 35.5 Å². The van der Waals surface area contributed by atoms with Gasteiger partial charge in [0.15, 0.2) is 0 Å². The Morgan fingerprint density at radius 2 is 2.10 bits per heavy atom. The highest BCUT2D eigenvalue weighted by molar-refractivity contribution is 7.99. The van der Waals surface area contributed by atoms with E-state index < -0.39 is 0 Å². The van der Waals surface area contributed by atoms with Crippen LogP contribution >= 0.6 is 23.4 Å². The van der Waals surface area contributed by atoms with Gasteiger partial charge in [-0.3, -0.25) is 0 Å². The second-order valence-corrected chi connectivity index (χ2v) is 6.05. The number of methoxy groups -OCH3 is 1. The van der Waals surface area contributed by atoms with Gasteiger partial charge >= 0.3 is 0 Å². The lowest BCUT2D eigenvalue weighted by Crippen LogP contribution is -2.18. The van der Waals surface area contributed by atoms with Gasteiger partial charge in [-0.05, 0) is 35.9 Å². The molecule has 5 heteroatoms. The van der Waals surface area contributed by atoms with Crippen molar-refractivity contribution in [1.82, 2.24) is 5.32 Å². The van der Waals surface area contributed by atoms with Crippen molar-refractivity contribution in [2.45, 2.75) is 16.3 Å². The smallest absolute Gasteiger partial charge is 0.137 e. The summed E-state index contributed by atoms with van der Waals surface area (Å²) in [4.78, 5) is 1.52. The fourth-order valence-electron chi connectivity index (χ4n) is 1.80. The van der Waals surface area contributed by atoms with E-state index in [-0.39, 0.29) is 5.82 Å². The lowest BCUT2D eigenvalue weighted by molar-refractivity contribution is 0.199. The van der Waals surface area contributed by atoms with E-state index >= 15 is 0 Å². The van der Waals surface area contributed by atoms with Crippen molar-refractivity contribution in [3.05, 3.63) is 58.9 Å². The summed E-state index contributed by atoms with van der Waals surface area (Å²) in [7, 11) is 1.66. The molecule has 0 atom stereocenters. The molecule has 0 fully saturated rings. The Balaban J connectivity index is 1.98. The summed E-state index contributed by atoms with van der Waals surface area (Å²) in [6.07, 6.45) is 0. The minimum absolute atomic E-state index is 0.217. The number of hydrogen-bond donors (Lipinski definition) is 1. The van der Waals surface area contributed by atoms with Gasteiger partial charge in [-0.15, -0.1) is 0 Å². The van der Waals surface area contributed by atoms with Crippen LogP contribution in [0.4, 0.5) is 4.39 Å². The molecule has 0 saturated heterocycles. The van der Waals surface area contributed by atoms with E-state index in [2.05, 4.69) is 5.32 Å². The summed E-state index contributed by atoms with van der Waals surface area (Å²) in [6.45, 7) is 2.02. The normalized spacial score (nSPS) is 10.8. The zero-order valence-corrected chi connectivity index (χ0v) is 13.3. The highest BCUT2D eigenvalue weighted by Gasteiger charge is 2.06. The lowest BCUT2D eigenvalue weighted by Gasteiger charge is -2.07. The van der Waals surface area contributed by atoms with Crippen LogP contribution in [-0.4, -0.2) is 20.3 Å². The van der Waals surface area contributed by atoms with Crippen LogP contribution in [0.25, 0.3) is 0 Å². The van der Waals surface area contributed by atoms with Crippen molar-refractivity contribution in [2.75, 3.05) is 20.3 Å². The average Bonchev–Trinajstić information content (AvgIpc) is 2.46. The maximum Gasteiger partial charge on any atom is 0.137 e. The number of benzene rings is 2. The molecular weight excluding hydrogens is 309 g/mol. The maximum atomic E-state index is 14.1. The number of hydrogen-bond acceptors (Lipinski definition) is 3. The van der Waals surface area contributed by atoms with E-state index in [1.807, 2.05) is 24.3 Å². The second-order valence-electron chi connectivity index (χ2n) is 4.49. The SMILES string of the molecule is COCCNCc1ccc(Sc2cccc(Cl)c2)c(F)c1. The lowest BCUT2D eigenvalue weighted by atomic mass is 10.2. The van der Waals surface area contributed by atoms with E-state index in [0.717, 1.165) is 17.0 Å². The van der Waals surface area contributed by atoms with Crippen LogP contribution in [0.2, 0.25) is 5.02 Å². The number of halogens is 2. The molecule has 2 nitrogen and oxygen atoms in total. The van der Waals surface area contributed by atoms with E-state index in [1.54, 1.807) is 25.3 Å². The molecule has 0 aliphatic carbocycles. The minimum Gasteiger partial charge on any atom is -0.383 e. The highest BCUT2D eigenvalue weighted by atomic mass is 35.5. The van der Waals surface area contributed by atoms with Crippen LogP contribution in [0.5, 0.6) is 0 Å². The third-order valence-electron chi connectivity index (χ3n) is 2.83. The number of nitrogens with one attached hydrogen (secondary N) is 1. The zero-order valence-electron chi connectivity index (χ0n) is 11.7. The largest absolute Gasteiger partial charge is 0.383 e. The average molecular weight is 326 g/mol. The Bertz CT molecular complexity index is 594. The molecule has 0 aromatic heterocycles. The van der Waals surface area contributed by atoms with E-state index in [9.17, 15) is 4.39 Å². The molecule has 112 valence electrons. The minimum atomic E-state index is -0.217. The van der Waals surface area contributed by atoms with E-state index in [4.69, 9.17) is 16.3 Å². The zero-order chi connectivity index (χ0) is 15.1. The summed E-state index contributed by atoms with van der Waals surface area (Å²) in [5.41, 5.74) is 0.916. The van der Waals surface area contributed by atoms with Gasteiger partial charge in [-0.2, -0.15) is 0 Å². The quantitative estimate of drug-likeness (QED) is 0.764. The van der Waals surface area contributed by atoms with Crippen molar-refractivity contribution >= 4 is 23.4 Å². The van der Waals surface area contributed by atoms with Crippen LogP contribution in [0.3, 0.4) is 0 Å². The molecule has 0 radical (unpaired) electrons. The molecule has 0 amide bonds. The van der Waals surface area contributed by atoms with E-state index in [0.29, 0.717) is 23.1 Å². The monoisotopic (exact) mass is 325 g/mol. The summed E-state index contributed by atoms with van der Waals surface area (Å²) >= 11 is 7.30. The molecule has 2 aromatic rings. The van der Waals surface area contributed by atoms with Gasteiger partial charge in [0.2, 0.25) is 0 Å². The molecular formula is C16H17ClFNOS. The molecule has 21 heavy (non-hydrogen) atoms. The molecule has 0 heterocycles. The topological polar surface area (TPSA) is 21.3 Å². The van der Waals surface area contributed by atoms with Crippen LogP contribution < -0.4 is 5.32 Å². The first kappa shape index (κ1) is 16.3. The molecule has 0 unspecified atom stereocenters. The Labute approximate surface area is 133 Å². The van der Waals surface area contributed by atoms with Crippen molar-refractivity contribution < 1.29 is 9.13 Å². The van der Waals surface area contributed by atoms with Gasteiger partial charge in [0.1, 0.15) is 5.82 Å². The van der Waals surface area contributed by atoms with Gasteiger partial charge < -0.3 is 10.1 Å². The molecule has 2 rings (SSSR count).